The molecule has 1 aliphatic heterocycles. The first-order valence-corrected chi connectivity index (χ1v) is 9.51. The topological polar surface area (TPSA) is 32.3 Å². The molecule has 3 nitrogen and oxygen atoms in total. The highest BCUT2D eigenvalue weighted by molar-refractivity contribution is 5.85. The number of hydrogen-bond acceptors (Lipinski definition) is 2. The normalized spacial score (nSPS) is 25.7. The fourth-order valence-corrected chi connectivity index (χ4v) is 4.51. The largest absolute Gasteiger partial charge is 0.416 e. The molecule has 1 saturated carbocycles. The van der Waals surface area contributed by atoms with Crippen LogP contribution in [0.2, 0.25) is 0 Å². The van der Waals surface area contributed by atoms with Gasteiger partial charge in [0.25, 0.3) is 0 Å². The number of benzene rings is 1. The lowest BCUT2D eigenvalue weighted by Crippen LogP contribution is -2.50. The van der Waals surface area contributed by atoms with Gasteiger partial charge in [-0.05, 0) is 49.8 Å². The molecule has 1 aromatic carbocycles. The Bertz CT molecular complexity index is 632. The van der Waals surface area contributed by atoms with Gasteiger partial charge in [0.15, 0.2) is 0 Å². The van der Waals surface area contributed by atoms with E-state index in [4.69, 9.17) is 0 Å². The highest BCUT2D eigenvalue weighted by Crippen LogP contribution is 2.34. The number of alkyl halides is 3. The molecule has 27 heavy (non-hydrogen) atoms. The predicted octanol–water partition coefficient (Wildman–Crippen LogP) is 4.44. The van der Waals surface area contributed by atoms with E-state index in [1.165, 1.54) is 18.9 Å². The Labute approximate surface area is 165 Å². The van der Waals surface area contributed by atoms with Crippen molar-refractivity contribution in [1.82, 2.24) is 10.2 Å². The SMILES string of the molecule is CN(C(=O)Cc1cccc(C(F)(F)F)c1)C1CCCCC1C1CCCN1.Cl. The molecule has 1 amide bonds. The van der Waals surface area contributed by atoms with Crippen LogP contribution in [-0.2, 0) is 17.4 Å². The second kappa shape index (κ2) is 9.28. The minimum atomic E-state index is -4.38. The summed E-state index contributed by atoms with van der Waals surface area (Å²) in [5.41, 5.74) is -0.279. The molecule has 3 unspecified atom stereocenters. The van der Waals surface area contributed by atoms with Gasteiger partial charge < -0.3 is 10.2 Å². The maximum Gasteiger partial charge on any atom is 0.416 e. The van der Waals surface area contributed by atoms with E-state index in [9.17, 15) is 18.0 Å². The van der Waals surface area contributed by atoms with Crippen LogP contribution < -0.4 is 5.32 Å². The van der Waals surface area contributed by atoms with Gasteiger partial charge in [0, 0.05) is 19.1 Å². The van der Waals surface area contributed by atoms with Crippen molar-refractivity contribution < 1.29 is 18.0 Å². The Kier molecular flexibility index (Phi) is 7.57. The molecular weight excluding hydrogens is 377 g/mol. The number of amides is 1. The molecule has 3 atom stereocenters. The summed E-state index contributed by atoms with van der Waals surface area (Å²) in [6.07, 6.45) is 2.35. The van der Waals surface area contributed by atoms with Crippen molar-refractivity contribution in [2.75, 3.05) is 13.6 Å². The summed E-state index contributed by atoms with van der Waals surface area (Å²) in [5.74, 6) is 0.348. The highest BCUT2D eigenvalue weighted by Gasteiger charge is 2.37. The van der Waals surface area contributed by atoms with Crippen LogP contribution in [0.15, 0.2) is 24.3 Å². The van der Waals surface area contributed by atoms with Crippen LogP contribution in [0.5, 0.6) is 0 Å². The maximum absolute atomic E-state index is 12.9. The third kappa shape index (κ3) is 5.38. The van der Waals surface area contributed by atoms with Crippen molar-refractivity contribution >= 4 is 18.3 Å². The van der Waals surface area contributed by atoms with E-state index in [1.54, 1.807) is 11.0 Å². The minimum absolute atomic E-state index is 0. The molecule has 1 saturated heterocycles. The van der Waals surface area contributed by atoms with Gasteiger partial charge in [0.05, 0.1) is 12.0 Å². The maximum atomic E-state index is 12.9. The fourth-order valence-electron chi connectivity index (χ4n) is 4.51. The molecule has 0 aromatic heterocycles. The molecule has 1 aliphatic carbocycles. The molecule has 1 heterocycles. The quantitative estimate of drug-likeness (QED) is 0.804. The Balaban J connectivity index is 0.00000261. The van der Waals surface area contributed by atoms with Crippen molar-refractivity contribution in [2.24, 2.45) is 5.92 Å². The Morgan fingerprint density at radius 2 is 1.93 bits per heavy atom. The Hall–Kier alpha value is -1.27. The first kappa shape index (κ1) is 22.0. The monoisotopic (exact) mass is 404 g/mol. The average molecular weight is 405 g/mol. The molecule has 2 fully saturated rings. The number of nitrogens with zero attached hydrogens (tertiary/aromatic N) is 1. The lowest BCUT2D eigenvalue weighted by Gasteiger charge is -2.41. The zero-order valence-electron chi connectivity index (χ0n) is 15.6. The van der Waals surface area contributed by atoms with Gasteiger partial charge in [-0.1, -0.05) is 31.0 Å². The fraction of sp³-hybridized carbons (Fsp3) is 0.650. The van der Waals surface area contributed by atoms with Gasteiger partial charge in [0.1, 0.15) is 0 Å². The number of carbonyl (C=O) groups excluding carboxylic acids is 1. The van der Waals surface area contributed by atoms with Gasteiger partial charge in [-0.15, -0.1) is 12.4 Å². The van der Waals surface area contributed by atoms with E-state index in [0.29, 0.717) is 17.5 Å². The summed E-state index contributed by atoms with van der Waals surface area (Å²) < 4.78 is 38.6. The van der Waals surface area contributed by atoms with Gasteiger partial charge >= 0.3 is 6.18 Å². The number of carbonyl (C=O) groups is 1. The second-order valence-electron chi connectivity index (χ2n) is 7.60. The molecule has 152 valence electrons. The third-order valence-corrected chi connectivity index (χ3v) is 5.90. The molecular formula is C20H28ClF3N2O. The summed E-state index contributed by atoms with van der Waals surface area (Å²) in [6, 6.07) is 5.74. The number of nitrogens with one attached hydrogen (secondary N) is 1. The van der Waals surface area contributed by atoms with Gasteiger partial charge in [-0.2, -0.15) is 13.2 Å². The van der Waals surface area contributed by atoms with Crippen molar-refractivity contribution in [3.05, 3.63) is 35.4 Å². The first-order chi connectivity index (χ1) is 12.4. The number of likely N-dealkylation sites (N-methyl/N-ethyl adjacent to an activating group) is 1. The highest BCUT2D eigenvalue weighted by atomic mass is 35.5. The average Bonchev–Trinajstić information content (AvgIpc) is 3.15. The van der Waals surface area contributed by atoms with Crippen LogP contribution in [0.4, 0.5) is 13.2 Å². The molecule has 1 aromatic rings. The van der Waals surface area contributed by atoms with Gasteiger partial charge in [0.2, 0.25) is 5.91 Å². The van der Waals surface area contributed by atoms with Crippen LogP contribution in [0.25, 0.3) is 0 Å². The zero-order valence-corrected chi connectivity index (χ0v) is 16.4. The van der Waals surface area contributed by atoms with Crippen molar-refractivity contribution in [3.8, 4) is 0 Å². The standard InChI is InChI=1S/C20H27F3N2O.ClH/c1-25(18-10-3-2-8-16(18)17-9-5-11-24-17)19(26)13-14-6-4-7-15(12-14)20(21,22)23;/h4,6-7,12,16-18,24H,2-3,5,8-11,13H2,1H3;1H. The summed E-state index contributed by atoms with van der Waals surface area (Å²) in [7, 11) is 1.81. The van der Waals surface area contributed by atoms with Gasteiger partial charge in [-0.25, -0.2) is 0 Å². The summed E-state index contributed by atoms with van der Waals surface area (Å²) in [6.45, 7) is 1.04. The Morgan fingerprint density at radius 1 is 1.19 bits per heavy atom. The molecule has 7 heteroatoms. The van der Waals surface area contributed by atoms with E-state index < -0.39 is 11.7 Å². The Morgan fingerprint density at radius 3 is 2.59 bits per heavy atom. The molecule has 0 bridgehead atoms. The van der Waals surface area contributed by atoms with E-state index in [2.05, 4.69) is 5.32 Å². The van der Waals surface area contributed by atoms with Crippen LogP contribution in [-0.4, -0.2) is 36.5 Å². The van der Waals surface area contributed by atoms with Crippen LogP contribution in [0.3, 0.4) is 0 Å². The molecule has 3 rings (SSSR count). The van der Waals surface area contributed by atoms with E-state index in [-0.39, 0.29) is 30.8 Å². The lowest BCUT2D eigenvalue weighted by molar-refractivity contribution is -0.138. The molecule has 0 radical (unpaired) electrons. The van der Waals surface area contributed by atoms with Crippen LogP contribution >= 0.6 is 12.4 Å². The van der Waals surface area contributed by atoms with Gasteiger partial charge in [-0.3, -0.25) is 4.79 Å². The smallest absolute Gasteiger partial charge is 0.342 e. The third-order valence-electron chi connectivity index (χ3n) is 5.90. The van der Waals surface area contributed by atoms with Crippen molar-refractivity contribution in [1.29, 1.82) is 0 Å². The second-order valence-corrected chi connectivity index (χ2v) is 7.60. The number of hydrogen-bond donors (Lipinski definition) is 1. The summed E-state index contributed by atoms with van der Waals surface area (Å²) >= 11 is 0. The van der Waals surface area contributed by atoms with Crippen molar-refractivity contribution in [2.45, 2.75) is 63.2 Å². The summed E-state index contributed by atoms with van der Waals surface area (Å²) in [5, 5.41) is 3.56. The van der Waals surface area contributed by atoms with Crippen molar-refractivity contribution in [3.63, 3.8) is 0 Å². The first-order valence-electron chi connectivity index (χ1n) is 9.51. The molecule has 1 N–H and O–H groups in total. The predicted molar refractivity (Wildman–Crippen MR) is 102 cm³/mol. The van der Waals surface area contributed by atoms with E-state index in [0.717, 1.165) is 44.4 Å². The number of rotatable bonds is 4. The molecule has 2 aliphatic rings. The van der Waals surface area contributed by atoms with Crippen LogP contribution in [0.1, 0.15) is 49.7 Å². The minimum Gasteiger partial charge on any atom is -0.342 e. The van der Waals surface area contributed by atoms with E-state index in [1.807, 2.05) is 7.05 Å². The summed E-state index contributed by atoms with van der Waals surface area (Å²) in [4.78, 5) is 14.6. The van der Waals surface area contributed by atoms with E-state index >= 15 is 0 Å². The lowest BCUT2D eigenvalue weighted by atomic mass is 9.78. The molecule has 0 spiro atoms. The zero-order chi connectivity index (χ0) is 18.7. The number of halogens is 4. The van der Waals surface area contributed by atoms with Crippen LogP contribution in [0, 0.1) is 5.92 Å².